The summed E-state index contributed by atoms with van der Waals surface area (Å²) >= 11 is 3.47. The second-order valence-electron chi connectivity index (χ2n) is 5.25. The number of fused-ring (bicyclic) bond motifs is 1. The average molecular weight is 374 g/mol. The Balaban J connectivity index is 1.79. The Hall–Kier alpha value is -2.41. The first kappa shape index (κ1) is 15.5. The lowest BCUT2D eigenvalue weighted by atomic mass is 10.1. The summed E-state index contributed by atoms with van der Waals surface area (Å²) in [5.74, 6) is 1.95. The molecule has 0 saturated heterocycles. The molecule has 0 aliphatic carbocycles. The van der Waals surface area contributed by atoms with Crippen LogP contribution in [0.1, 0.15) is 5.82 Å². The van der Waals surface area contributed by atoms with E-state index in [0.717, 1.165) is 21.0 Å². The molecule has 0 amide bonds. The van der Waals surface area contributed by atoms with Gasteiger partial charge in [-0.25, -0.2) is 0 Å². The predicted molar refractivity (Wildman–Crippen MR) is 94.5 cm³/mol. The first-order chi connectivity index (χ1) is 11.0. The molecule has 0 atom stereocenters. The van der Waals surface area contributed by atoms with Crippen molar-refractivity contribution in [2.24, 2.45) is 0 Å². The predicted octanol–water partition coefficient (Wildman–Crippen LogP) is 3.01. The van der Waals surface area contributed by atoms with E-state index in [-0.39, 0.29) is 12.6 Å². The highest BCUT2D eigenvalue weighted by Crippen LogP contribution is 2.24. The van der Waals surface area contributed by atoms with Gasteiger partial charge in [-0.15, -0.1) is 0 Å². The molecule has 0 saturated carbocycles. The third-order valence-electron chi connectivity index (χ3n) is 3.23. The van der Waals surface area contributed by atoms with Crippen molar-refractivity contribution in [3.63, 3.8) is 0 Å². The number of nitrogen functional groups attached to an aromatic ring is 1. The van der Waals surface area contributed by atoms with E-state index in [1.165, 1.54) is 0 Å². The van der Waals surface area contributed by atoms with Crippen LogP contribution in [0.15, 0.2) is 40.9 Å². The van der Waals surface area contributed by atoms with E-state index in [4.69, 9.17) is 10.5 Å². The van der Waals surface area contributed by atoms with Crippen molar-refractivity contribution in [2.75, 3.05) is 24.7 Å². The maximum absolute atomic E-state index is 5.78. The van der Waals surface area contributed by atoms with Crippen molar-refractivity contribution < 1.29 is 4.74 Å². The van der Waals surface area contributed by atoms with Crippen molar-refractivity contribution in [3.8, 4) is 5.75 Å². The average Bonchev–Trinajstić information content (AvgIpc) is 2.52. The van der Waals surface area contributed by atoms with E-state index in [1.54, 1.807) is 4.90 Å². The topological polar surface area (TPSA) is 77.2 Å². The van der Waals surface area contributed by atoms with E-state index >= 15 is 0 Å². The Morgan fingerprint density at radius 2 is 1.78 bits per heavy atom. The molecule has 0 radical (unpaired) electrons. The number of ether oxygens (including phenoxy) is 1. The number of rotatable bonds is 4. The number of nitrogens with zero attached hydrogens (tertiary/aromatic N) is 4. The van der Waals surface area contributed by atoms with Crippen LogP contribution in [0.4, 0.5) is 11.9 Å². The van der Waals surface area contributed by atoms with Crippen LogP contribution < -0.4 is 15.4 Å². The second-order valence-corrected chi connectivity index (χ2v) is 6.16. The van der Waals surface area contributed by atoms with Crippen LogP contribution in [0, 0.1) is 0 Å². The van der Waals surface area contributed by atoms with Gasteiger partial charge in [-0.05, 0) is 35.0 Å². The molecule has 0 fully saturated rings. The van der Waals surface area contributed by atoms with Gasteiger partial charge >= 0.3 is 0 Å². The zero-order valence-corrected chi connectivity index (χ0v) is 14.4. The highest BCUT2D eigenvalue weighted by molar-refractivity contribution is 9.10. The molecule has 1 heterocycles. The number of halogens is 1. The minimum absolute atomic E-state index is 0.186. The van der Waals surface area contributed by atoms with Crippen LogP contribution in [-0.2, 0) is 6.61 Å². The standard InChI is InChI=1S/C16H16BrN5O/c1-22(2)16-20-14(19-15(18)21-16)9-23-13-6-4-10-7-12(17)5-3-11(10)8-13/h3-8H,9H2,1-2H3,(H2,18,19,20,21). The summed E-state index contributed by atoms with van der Waals surface area (Å²) in [6.07, 6.45) is 0. The molecule has 7 heteroatoms. The first-order valence-corrected chi connectivity index (χ1v) is 7.80. The molecule has 0 spiro atoms. The molecule has 3 rings (SSSR count). The number of nitrogens with two attached hydrogens (primary N) is 1. The van der Waals surface area contributed by atoms with Crippen LogP contribution in [0.3, 0.4) is 0 Å². The normalized spacial score (nSPS) is 10.7. The summed E-state index contributed by atoms with van der Waals surface area (Å²) in [7, 11) is 3.70. The summed E-state index contributed by atoms with van der Waals surface area (Å²) in [4.78, 5) is 14.2. The van der Waals surface area contributed by atoms with Gasteiger partial charge in [0.25, 0.3) is 0 Å². The fraction of sp³-hybridized carbons (Fsp3) is 0.188. The van der Waals surface area contributed by atoms with Gasteiger partial charge in [-0.1, -0.05) is 28.1 Å². The van der Waals surface area contributed by atoms with Gasteiger partial charge in [0.2, 0.25) is 11.9 Å². The zero-order valence-electron chi connectivity index (χ0n) is 12.8. The van der Waals surface area contributed by atoms with Crippen LogP contribution in [0.5, 0.6) is 5.75 Å². The molecule has 3 aromatic rings. The third kappa shape index (κ3) is 3.68. The van der Waals surface area contributed by atoms with Crippen molar-refractivity contribution in [2.45, 2.75) is 6.61 Å². The van der Waals surface area contributed by atoms with E-state index in [0.29, 0.717) is 11.8 Å². The lowest BCUT2D eigenvalue weighted by molar-refractivity contribution is 0.296. The number of hydrogen-bond acceptors (Lipinski definition) is 6. The fourth-order valence-electron chi connectivity index (χ4n) is 2.12. The van der Waals surface area contributed by atoms with E-state index in [2.05, 4.69) is 36.9 Å². The summed E-state index contributed by atoms with van der Waals surface area (Å²) in [6.45, 7) is 0.232. The van der Waals surface area contributed by atoms with E-state index < -0.39 is 0 Å². The summed E-state index contributed by atoms with van der Waals surface area (Å²) in [5.41, 5.74) is 5.71. The van der Waals surface area contributed by atoms with Gasteiger partial charge in [0.1, 0.15) is 12.4 Å². The molecule has 2 aromatic carbocycles. The van der Waals surface area contributed by atoms with Crippen LogP contribution in [0.25, 0.3) is 10.8 Å². The highest BCUT2D eigenvalue weighted by atomic mass is 79.9. The Bertz CT molecular complexity index is 853. The molecule has 0 aliphatic rings. The van der Waals surface area contributed by atoms with Gasteiger partial charge in [-0.3, -0.25) is 0 Å². The lowest BCUT2D eigenvalue weighted by Crippen LogP contribution is -2.16. The Morgan fingerprint density at radius 1 is 1.04 bits per heavy atom. The molecular formula is C16H16BrN5O. The molecule has 0 unspecified atom stereocenters. The molecule has 2 N–H and O–H groups in total. The summed E-state index contributed by atoms with van der Waals surface area (Å²) < 4.78 is 6.83. The monoisotopic (exact) mass is 373 g/mol. The molecular weight excluding hydrogens is 358 g/mol. The van der Waals surface area contributed by atoms with Crippen molar-refractivity contribution in [1.82, 2.24) is 15.0 Å². The van der Waals surface area contributed by atoms with Crippen molar-refractivity contribution >= 4 is 38.6 Å². The summed E-state index contributed by atoms with van der Waals surface area (Å²) in [5, 5.41) is 2.25. The number of anilines is 2. The molecule has 1 aromatic heterocycles. The molecule has 6 nitrogen and oxygen atoms in total. The quantitative estimate of drug-likeness (QED) is 0.757. The number of hydrogen-bond donors (Lipinski definition) is 1. The van der Waals surface area contributed by atoms with Gasteiger partial charge < -0.3 is 15.4 Å². The van der Waals surface area contributed by atoms with Crippen LogP contribution in [0.2, 0.25) is 0 Å². The smallest absolute Gasteiger partial charge is 0.230 e. The maximum Gasteiger partial charge on any atom is 0.230 e. The van der Waals surface area contributed by atoms with Crippen molar-refractivity contribution in [3.05, 3.63) is 46.7 Å². The largest absolute Gasteiger partial charge is 0.486 e. The van der Waals surface area contributed by atoms with Gasteiger partial charge in [0.15, 0.2) is 5.82 Å². The molecule has 0 aliphatic heterocycles. The number of benzene rings is 2. The van der Waals surface area contributed by atoms with Gasteiger partial charge in [0.05, 0.1) is 0 Å². The second kappa shape index (κ2) is 6.37. The van der Waals surface area contributed by atoms with Crippen LogP contribution >= 0.6 is 15.9 Å². The maximum atomic E-state index is 5.78. The van der Waals surface area contributed by atoms with Crippen molar-refractivity contribution in [1.29, 1.82) is 0 Å². The van der Waals surface area contributed by atoms with Gasteiger partial charge in [-0.2, -0.15) is 15.0 Å². The van der Waals surface area contributed by atoms with E-state index in [9.17, 15) is 0 Å². The minimum atomic E-state index is 0.186. The molecule has 0 bridgehead atoms. The third-order valence-corrected chi connectivity index (χ3v) is 3.72. The Labute approximate surface area is 142 Å². The molecule has 118 valence electrons. The zero-order chi connectivity index (χ0) is 16.4. The highest BCUT2D eigenvalue weighted by Gasteiger charge is 2.07. The lowest BCUT2D eigenvalue weighted by Gasteiger charge is -2.12. The van der Waals surface area contributed by atoms with Crippen LogP contribution in [-0.4, -0.2) is 29.0 Å². The molecule has 23 heavy (non-hydrogen) atoms. The SMILES string of the molecule is CN(C)c1nc(N)nc(COc2ccc3cc(Br)ccc3c2)n1. The minimum Gasteiger partial charge on any atom is -0.486 e. The Kier molecular flexibility index (Phi) is 4.29. The van der Waals surface area contributed by atoms with Gasteiger partial charge in [0, 0.05) is 18.6 Å². The summed E-state index contributed by atoms with van der Waals surface area (Å²) in [6, 6.07) is 12.0. The van der Waals surface area contributed by atoms with E-state index in [1.807, 2.05) is 44.4 Å². The number of aromatic nitrogens is 3. The Morgan fingerprint density at radius 3 is 2.57 bits per heavy atom. The fourth-order valence-corrected chi connectivity index (χ4v) is 2.50. The first-order valence-electron chi connectivity index (χ1n) is 7.01.